The zero-order valence-corrected chi connectivity index (χ0v) is 8.52. The van der Waals surface area contributed by atoms with Crippen molar-refractivity contribution in [2.75, 3.05) is 26.3 Å². The fourth-order valence-corrected chi connectivity index (χ4v) is 2.81. The molecule has 1 aliphatic heterocycles. The summed E-state index contributed by atoms with van der Waals surface area (Å²) in [6.07, 6.45) is 0. The van der Waals surface area contributed by atoms with Gasteiger partial charge in [-0.25, -0.2) is 4.67 Å². The summed E-state index contributed by atoms with van der Waals surface area (Å²) in [7, 11) is 0. The van der Waals surface area contributed by atoms with Gasteiger partial charge in [-0.15, -0.1) is 0 Å². The highest BCUT2D eigenvalue weighted by Crippen LogP contribution is 2.60. The zero-order chi connectivity index (χ0) is 7.61. The van der Waals surface area contributed by atoms with Gasteiger partial charge >= 0.3 is 0 Å². The minimum Gasteiger partial charge on any atom is -0.379 e. The first-order valence-electron chi connectivity index (χ1n) is 2.93. The molecule has 10 heavy (non-hydrogen) atoms. The monoisotopic (exact) mass is 219 g/mol. The molecule has 0 amide bonds. The van der Waals surface area contributed by atoms with E-state index in [1.807, 2.05) is 4.67 Å². The average molecular weight is 220 g/mol. The summed E-state index contributed by atoms with van der Waals surface area (Å²) in [5.74, 6) is 0. The lowest BCUT2D eigenvalue weighted by atomic mass is 10.5. The average Bonchev–Trinajstić information content (AvgIpc) is 1.88. The number of hydrogen-bond donors (Lipinski definition) is 0. The number of hydrogen-bond acceptors (Lipinski definition) is 2. The Morgan fingerprint density at radius 3 is 2.10 bits per heavy atom. The quantitative estimate of drug-likeness (QED) is 0.627. The van der Waals surface area contributed by atoms with Crippen LogP contribution in [0.1, 0.15) is 0 Å². The summed E-state index contributed by atoms with van der Waals surface area (Å²) < 4.78 is 7.02. The number of halogens is 2. The maximum atomic E-state index is 5.77. The molecule has 2 nitrogen and oxygen atoms in total. The molecule has 6 heteroatoms. The van der Waals surface area contributed by atoms with E-state index in [0.717, 1.165) is 13.1 Å². The van der Waals surface area contributed by atoms with Gasteiger partial charge in [0.2, 0.25) is 0 Å². The molecule has 60 valence electrons. The Morgan fingerprint density at radius 1 is 1.30 bits per heavy atom. The maximum Gasteiger partial charge on any atom is 0.183 e. The SMILES string of the molecule is S=P(Cl)(Cl)N1CCOCC1. The van der Waals surface area contributed by atoms with Crippen LogP contribution in [0.5, 0.6) is 0 Å². The molecule has 1 aliphatic rings. The standard InChI is InChI=1S/C4H8Cl2NOPS/c5-9(6,10)7-1-3-8-4-2-7/h1-4H2. The molecule has 1 heterocycles. The molecule has 0 spiro atoms. The van der Waals surface area contributed by atoms with Crippen molar-refractivity contribution in [2.24, 2.45) is 0 Å². The highest BCUT2D eigenvalue weighted by molar-refractivity contribution is 8.37. The van der Waals surface area contributed by atoms with Gasteiger partial charge in [0.25, 0.3) is 0 Å². The lowest BCUT2D eigenvalue weighted by Crippen LogP contribution is -2.31. The first-order valence-corrected chi connectivity index (χ1v) is 7.50. The van der Waals surface area contributed by atoms with Crippen LogP contribution in [0.3, 0.4) is 0 Å². The molecule has 0 aromatic rings. The Morgan fingerprint density at radius 2 is 1.80 bits per heavy atom. The molecule has 0 bridgehead atoms. The van der Waals surface area contributed by atoms with Crippen LogP contribution in [-0.2, 0) is 16.5 Å². The van der Waals surface area contributed by atoms with E-state index >= 15 is 0 Å². The Kier molecular flexibility index (Phi) is 3.42. The van der Waals surface area contributed by atoms with Crippen LogP contribution < -0.4 is 0 Å². The van der Waals surface area contributed by atoms with Crippen LogP contribution >= 0.6 is 27.4 Å². The van der Waals surface area contributed by atoms with E-state index in [4.69, 9.17) is 39.0 Å². The summed E-state index contributed by atoms with van der Waals surface area (Å²) in [4.78, 5) is -2.21. The van der Waals surface area contributed by atoms with Crippen molar-refractivity contribution in [3.05, 3.63) is 0 Å². The third-order valence-electron chi connectivity index (χ3n) is 1.32. The van der Waals surface area contributed by atoms with E-state index in [0.29, 0.717) is 13.2 Å². The lowest BCUT2D eigenvalue weighted by molar-refractivity contribution is 0.0760. The molecule has 0 saturated carbocycles. The Labute approximate surface area is 75.1 Å². The second kappa shape index (κ2) is 3.70. The Hall–Kier alpha value is 1.15. The maximum absolute atomic E-state index is 5.77. The fraction of sp³-hybridized carbons (Fsp3) is 1.00. The van der Waals surface area contributed by atoms with Gasteiger partial charge in [0.15, 0.2) is 4.89 Å². The van der Waals surface area contributed by atoms with Crippen molar-refractivity contribution in [1.29, 1.82) is 0 Å². The summed E-state index contributed by atoms with van der Waals surface area (Å²) in [5.41, 5.74) is 0. The number of ether oxygens (including phenoxy) is 1. The highest BCUT2D eigenvalue weighted by atomic mass is 35.9. The van der Waals surface area contributed by atoms with E-state index in [-0.39, 0.29) is 0 Å². The highest BCUT2D eigenvalue weighted by Gasteiger charge is 2.22. The van der Waals surface area contributed by atoms with E-state index in [1.165, 1.54) is 0 Å². The Balaban J connectivity index is 2.47. The van der Waals surface area contributed by atoms with Crippen molar-refractivity contribution in [3.63, 3.8) is 0 Å². The summed E-state index contributed by atoms with van der Waals surface area (Å²) in [5, 5.41) is 0. The van der Waals surface area contributed by atoms with Crippen LogP contribution in [-0.4, -0.2) is 31.0 Å². The number of morpholine rings is 1. The van der Waals surface area contributed by atoms with Gasteiger partial charge in [0.05, 0.1) is 13.2 Å². The fourth-order valence-electron chi connectivity index (χ4n) is 0.787. The molecule has 0 unspecified atom stereocenters. The first kappa shape index (κ1) is 9.24. The van der Waals surface area contributed by atoms with E-state index in [1.54, 1.807) is 0 Å². The van der Waals surface area contributed by atoms with Crippen molar-refractivity contribution in [1.82, 2.24) is 4.67 Å². The third-order valence-corrected chi connectivity index (χ3v) is 4.35. The number of rotatable bonds is 1. The second-order valence-electron chi connectivity index (χ2n) is 2.00. The van der Waals surface area contributed by atoms with Gasteiger partial charge in [-0.1, -0.05) is 22.5 Å². The van der Waals surface area contributed by atoms with Crippen molar-refractivity contribution < 1.29 is 4.74 Å². The van der Waals surface area contributed by atoms with Crippen LogP contribution in [0.2, 0.25) is 0 Å². The molecule has 0 aromatic heterocycles. The van der Waals surface area contributed by atoms with E-state index in [9.17, 15) is 0 Å². The second-order valence-corrected chi connectivity index (χ2v) is 9.68. The largest absolute Gasteiger partial charge is 0.379 e. The molecule has 0 aliphatic carbocycles. The normalized spacial score (nSPS) is 23.0. The molecule has 1 saturated heterocycles. The van der Waals surface area contributed by atoms with E-state index < -0.39 is 4.89 Å². The molecule has 1 fully saturated rings. The van der Waals surface area contributed by atoms with Gasteiger partial charge in [-0.3, -0.25) is 0 Å². The van der Waals surface area contributed by atoms with Gasteiger partial charge in [0, 0.05) is 13.1 Å². The van der Waals surface area contributed by atoms with Gasteiger partial charge < -0.3 is 4.74 Å². The molecular weight excluding hydrogens is 212 g/mol. The van der Waals surface area contributed by atoms with Crippen molar-refractivity contribution in [3.8, 4) is 0 Å². The molecule has 0 N–H and O–H groups in total. The predicted octanol–water partition coefficient (Wildman–Crippen LogP) is 2.02. The van der Waals surface area contributed by atoms with Crippen molar-refractivity contribution >= 4 is 39.2 Å². The van der Waals surface area contributed by atoms with Gasteiger partial charge in [-0.05, 0) is 11.8 Å². The summed E-state index contributed by atoms with van der Waals surface area (Å²) in [6, 6.07) is 0. The van der Waals surface area contributed by atoms with Crippen LogP contribution in [0.15, 0.2) is 0 Å². The number of nitrogens with zero attached hydrogens (tertiary/aromatic N) is 1. The molecule has 0 atom stereocenters. The lowest BCUT2D eigenvalue weighted by Gasteiger charge is -2.28. The molecule has 0 radical (unpaired) electrons. The topological polar surface area (TPSA) is 12.5 Å². The predicted molar refractivity (Wildman–Crippen MR) is 48.4 cm³/mol. The first-order chi connectivity index (χ1) is 4.61. The molecule has 0 aromatic carbocycles. The minimum absolute atomic E-state index is 0.692. The van der Waals surface area contributed by atoms with Crippen LogP contribution in [0.25, 0.3) is 0 Å². The van der Waals surface area contributed by atoms with Crippen molar-refractivity contribution in [2.45, 2.75) is 0 Å². The Bertz CT molecular complexity index is 155. The molecule has 1 rings (SSSR count). The van der Waals surface area contributed by atoms with Crippen LogP contribution in [0, 0.1) is 0 Å². The smallest absolute Gasteiger partial charge is 0.183 e. The van der Waals surface area contributed by atoms with Crippen LogP contribution in [0.4, 0.5) is 0 Å². The van der Waals surface area contributed by atoms with Gasteiger partial charge in [-0.2, -0.15) is 0 Å². The summed E-state index contributed by atoms with van der Waals surface area (Å²) in [6.45, 7) is 2.92. The van der Waals surface area contributed by atoms with Gasteiger partial charge in [0.1, 0.15) is 0 Å². The summed E-state index contributed by atoms with van der Waals surface area (Å²) >= 11 is 16.5. The molecular formula is C4H8Cl2NOPS. The zero-order valence-electron chi connectivity index (χ0n) is 5.30. The minimum atomic E-state index is -2.21. The van der Waals surface area contributed by atoms with E-state index in [2.05, 4.69) is 0 Å². The third kappa shape index (κ3) is 2.65.